The molecule has 11 aromatic rings. The fourth-order valence-corrected chi connectivity index (χ4v) is 17.0. The highest BCUT2D eigenvalue weighted by Gasteiger charge is 2.44. The molecule has 1 aliphatic rings. The molecule has 0 unspecified atom stereocenters. The fourth-order valence-electron chi connectivity index (χ4n) is 10.9. The normalized spacial score (nSPS) is 12.7. The minimum Gasteiger partial charge on any atom is -0.311 e. The molecule has 320 valence electrons. The number of nitrogens with zero attached hydrogens (tertiary/aromatic N) is 2. The first kappa shape index (κ1) is 40.7. The number of hydrogen-bond donors (Lipinski definition) is 0. The Bertz CT molecular complexity index is 3530. The van der Waals surface area contributed by atoms with Crippen LogP contribution in [0.1, 0.15) is 25.0 Å². The topological polar surface area (TPSA) is 6.48 Å². The van der Waals surface area contributed by atoms with E-state index in [-0.39, 0.29) is 5.41 Å². The number of benzene rings is 10. The van der Waals surface area contributed by atoms with Crippen LogP contribution in [-0.4, -0.2) is 8.07 Å². The van der Waals surface area contributed by atoms with E-state index in [4.69, 9.17) is 0 Å². The second-order valence-electron chi connectivity index (χ2n) is 18.1. The maximum absolute atomic E-state index is 3.18. The SMILES string of the molecule is CC1(C)c2ccccc2-c2cc(N(c3ccccc3)c3cccc([Si](c4ccccc4)(c4ccccc4)c4ccccc4N(c4ccccc4)c4ccc5c(c4)sc4ccccc45)c3)ccc21. The summed E-state index contributed by atoms with van der Waals surface area (Å²) in [6.07, 6.45) is 0. The lowest BCUT2D eigenvalue weighted by Crippen LogP contribution is -2.75. The lowest BCUT2D eigenvalue weighted by Gasteiger charge is -2.39. The third kappa shape index (κ3) is 6.75. The van der Waals surface area contributed by atoms with Gasteiger partial charge in [-0.25, -0.2) is 0 Å². The van der Waals surface area contributed by atoms with Crippen LogP contribution >= 0.6 is 11.3 Å². The van der Waals surface area contributed by atoms with Crippen LogP contribution in [-0.2, 0) is 5.41 Å². The van der Waals surface area contributed by atoms with E-state index in [9.17, 15) is 0 Å². The molecule has 0 fully saturated rings. The summed E-state index contributed by atoms with van der Waals surface area (Å²) >= 11 is 1.86. The summed E-state index contributed by atoms with van der Waals surface area (Å²) < 4.78 is 2.58. The highest BCUT2D eigenvalue weighted by molar-refractivity contribution is 7.25. The molecule has 1 aromatic heterocycles. The summed E-state index contributed by atoms with van der Waals surface area (Å²) in [5.74, 6) is 0. The van der Waals surface area contributed by atoms with Gasteiger partial charge in [0.1, 0.15) is 0 Å². The molecule has 0 bridgehead atoms. The number of thiophene rings is 1. The van der Waals surface area contributed by atoms with Crippen molar-refractivity contribution in [3.05, 3.63) is 266 Å². The van der Waals surface area contributed by atoms with Crippen molar-refractivity contribution in [1.82, 2.24) is 0 Å². The monoisotopic (exact) mass is 892 g/mol. The molecule has 2 nitrogen and oxygen atoms in total. The minimum atomic E-state index is -3.18. The molecule has 0 spiro atoms. The first-order valence-corrected chi connectivity index (χ1v) is 26.0. The maximum atomic E-state index is 2.50. The molecular formula is C63H48N2SSi. The summed E-state index contributed by atoms with van der Waals surface area (Å²) in [5, 5.41) is 7.85. The Hall–Kier alpha value is -7.76. The minimum absolute atomic E-state index is 0.0802. The first-order valence-electron chi connectivity index (χ1n) is 23.2. The molecule has 4 heteroatoms. The van der Waals surface area contributed by atoms with E-state index in [2.05, 4.69) is 278 Å². The van der Waals surface area contributed by atoms with Crippen molar-refractivity contribution in [2.45, 2.75) is 19.3 Å². The number of fused-ring (bicyclic) bond motifs is 6. The predicted octanol–water partition coefficient (Wildman–Crippen LogP) is 14.7. The molecule has 0 radical (unpaired) electrons. The van der Waals surface area contributed by atoms with Gasteiger partial charge in [-0.05, 0) is 116 Å². The number of anilines is 6. The van der Waals surface area contributed by atoms with Crippen LogP contribution in [0.15, 0.2) is 255 Å². The zero-order chi connectivity index (χ0) is 45.0. The van der Waals surface area contributed by atoms with Crippen molar-refractivity contribution in [1.29, 1.82) is 0 Å². The largest absolute Gasteiger partial charge is 0.311 e. The highest BCUT2D eigenvalue weighted by Crippen LogP contribution is 2.50. The molecule has 0 aliphatic heterocycles. The summed E-state index contributed by atoms with van der Waals surface area (Å²) in [6.45, 7) is 4.71. The molecule has 1 heterocycles. The van der Waals surface area contributed by atoms with E-state index < -0.39 is 8.07 Å². The summed E-state index contributed by atoms with van der Waals surface area (Å²) in [4.78, 5) is 4.95. The quantitative estimate of drug-likeness (QED) is 0.0997. The van der Waals surface area contributed by atoms with Crippen LogP contribution in [0.2, 0.25) is 0 Å². The van der Waals surface area contributed by atoms with Gasteiger partial charge in [0, 0.05) is 59.7 Å². The van der Waals surface area contributed by atoms with Crippen molar-refractivity contribution in [2.75, 3.05) is 9.80 Å². The number of rotatable bonds is 10. The van der Waals surface area contributed by atoms with Gasteiger partial charge < -0.3 is 9.80 Å². The lowest BCUT2D eigenvalue weighted by atomic mass is 9.82. The Morgan fingerprint density at radius 2 is 0.851 bits per heavy atom. The van der Waals surface area contributed by atoms with Crippen molar-refractivity contribution >= 4 is 94.5 Å². The molecule has 0 N–H and O–H groups in total. The van der Waals surface area contributed by atoms with E-state index in [1.165, 1.54) is 68.9 Å². The van der Waals surface area contributed by atoms with Gasteiger partial charge in [-0.3, -0.25) is 0 Å². The van der Waals surface area contributed by atoms with E-state index in [1.54, 1.807) is 0 Å². The van der Waals surface area contributed by atoms with E-state index in [0.717, 1.165) is 28.4 Å². The predicted molar refractivity (Wildman–Crippen MR) is 290 cm³/mol. The Morgan fingerprint density at radius 3 is 1.58 bits per heavy atom. The zero-order valence-electron chi connectivity index (χ0n) is 37.6. The van der Waals surface area contributed by atoms with Crippen LogP contribution in [0.3, 0.4) is 0 Å². The first-order chi connectivity index (χ1) is 33.0. The average molecular weight is 893 g/mol. The summed E-state index contributed by atoms with van der Waals surface area (Å²) in [5.41, 5.74) is 12.1. The highest BCUT2D eigenvalue weighted by atomic mass is 32.1. The van der Waals surface area contributed by atoms with Gasteiger partial charge in [0.05, 0.1) is 0 Å². The van der Waals surface area contributed by atoms with Gasteiger partial charge in [0.15, 0.2) is 8.07 Å². The van der Waals surface area contributed by atoms with Crippen LogP contribution in [0.4, 0.5) is 34.1 Å². The molecule has 0 saturated carbocycles. The Balaban J connectivity index is 1.11. The van der Waals surface area contributed by atoms with Crippen molar-refractivity contribution < 1.29 is 0 Å². The number of para-hydroxylation sites is 3. The van der Waals surface area contributed by atoms with E-state index in [1.807, 2.05) is 11.3 Å². The van der Waals surface area contributed by atoms with Crippen LogP contribution in [0.5, 0.6) is 0 Å². The van der Waals surface area contributed by atoms with Crippen LogP contribution in [0.25, 0.3) is 31.3 Å². The van der Waals surface area contributed by atoms with Crippen LogP contribution in [0, 0.1) is 0 Å². The molecular weight excluding hydrogens is 845 g/mol. The molecule has 12 rings (SSSR count). The van der Waals surface area contributed by atoms with Crippen molar-refractivity contribution in [3.8, 4) is 11.1 Å². The molecule has 67 heavy (non-hydrogen) atoms. The molecule has 10 aromatic carbocycles. The Kier molecular flexibility index (Phi) is 10.1. The smallest absolute Gasteiger partial charge is 0.181 e. The molecule has 0 saturated heterocycles. The fraction of sp³-hybridized carbons (Fsp3) is 0.0476. The van der Waals surface area contributed by atoms with Gasteiger partial charge in [0.2, 0.25) is 0 Å². The second-order valence-corrected chi connectivity index (χ2v) is 22.9. The van der Waals surface area contributed by atoms with Gasteiger partial charge in [-0.15, -0.1) is 11.3 Å². The molecule has 0 atom stereocenters. The van der Waals surface area contributed by atoms with Gasteiger partial charge in [0.25, 0.3) is 0 Å². The van der Waals surface area contributed by atoms with Gasteiger partial charge in [-0.2, -0.15) is 0 Å². The maximum Gasteiger partial charge on any atom is 0.181 e. The van der Waals surface area contributed by atoms with E-state index in [0.29, 0.717) is 0 Å². The summed E-state index contributed by atoms with van der Waals surface area (Å²) in [6, 6.07) is 94.9. The summed E-state index contributed by atoms with van der Waals surface area (Å²) in [7, 11) is -3.18. The van der Waals surface area contributed by atoms with E-state index >= 15 is 0 Å². The lowest BCUT2D eigenvalue weighted by molar-refractivity contribution is 0.660. The Morgan fingerprint density at radius 1 is 0.343 bits per heavy atom. The average Bonchev–Trinajstić information content (AvgIpc) is 3.87. The molecule has 0 amide bonds. The molecule has 1 aliphatic carbocycles. The van der Waals surface area contributed by atoms with Gasteiger partial charge >= 0.3 is 0 Å². The van der Waals surface area contributed by atoms with Gasteiger partial charge in [-0.1, -0.05) is 196 Å². The Labute approximate surface area is 398 Å². The standard InChI is InChI=1S/C63H48N2SSi/c1-63(2)57-34-17-15-32-53(57)56-43-48(39-41-58(56)63)64(45-22-7-3-8-23-45)47-26-21-31-52(42-47)67(50-27-11-5-12-28-50,51-29-13-6-14-30-51)62-37-20-18-35-59(62)65(46-24-9-4-10-25-46)49-38-40-55-54-33-16-19-36-60(54)66-61(55)44-49/h3-44H,1-2H3. The second kappa shape index (κ2) is 16.6. The van der Waals surface area contributed by atoms with Crippen molar-refractivity contribution in [3.63, 3.8) is 0 Å². The zero-order valence-corrected chi connectivity index (χ0v) is 39.4. The number of hydrogen-bond acceptors (Lipinski definition) is 3. The van der Waals surface area contributed by atoms with Crippen LogP contribution < -0.4 is 30.5 Å². The third-order valence-corrected chi connectivity index (χ3v) is 19.9. The van der Waals surface area contributed by atoms with Crippen molar-refractivity contribution in [2.24, 2.45) is 0 Å². The third-order valence-electron chi connectivity index (χ3n) is 14.0.